The number of amides is 1. The van der Waals surface area contributed by atoms with Gasteiger partial charge in [-0.05, 0) is 48.7 Å². The van der Waals surface area contributed by atoms with E-state index in [1.807, 2.05) is 24.0 Å². The highest BCUT2D eigenvalue weighted by atomic mass is 32.2. The summed E-state index contributed by atoms with van der Waals surface area (Å²) in [5.41, 5.74) is 2.91. The maximum absolute atomic E-state index is 13.8. The zero-order valence-corrected chi connectivity index (χ0v) is 20.2. The van der Waals surface area contributed by atoms with Crippen molar-refractivity contribution in [2.75, 3.05) is 37.7 Å². The number of nitrogens with zero attached hydrogens (tertiary/aromatic N) is 3. The Kier molecular flexibility index (Phi) is 7.04. The van der Waals surface area contributed by atoms with Crippen LogP contribution in [-0.4, -0.2) is 62.3 Å². The predicted molar refractivity (Wildman–Crippen MR) is 130 cm³/mol. The number of pyridine rings is 1. The number of piperazine rings is 1. The molecule has 1 amide bonds. The molecule has 0 unspecified atom stereocenters. The molecule has 34 heavy (non-hydrogen) atoms. The molecule has 0 spiro atoms. The second-order valence-corrected chi connectivity index (χ2v) is 10.1. The van der Waals surface area contributed by atoms with Crippen molar-refractivity contribution in [2.24, 2.45) is 0 Å². The molecule has 2 heterocycles. The van der Waals surface area contributed by atoms with Crippen molar-refractivity contribution in [1.82, 2.24) is 9.88 Å². The summed E-state index contributed by atoms with van der Waals surface area (Å²) in [4.78, 5) is 20.5. The topological polar surface area (TPSA) is 100 Å². The highest BCUT2D eigenvalue weighted by molar-refractivity contribution is 7.91. The molecular formula is C25H29N3O5S. The molecule has 0 radical (unpaired) electrons. The van der Waals surface area contributed by atoms with Crippen molar-refractivity contribution in [2.45, 2.75) is 36.7 Å². The average Bonchev–Trinajstić information content (AvgIpc) is 2.87. The first-order valence-electron chi connectivity index (χ1n) is 11.4. The molecule has 1 aliphatic heterocycles. The van der Waals surface area contributed by atoms with E-state index >= 15 is 0 Å². The van der Waals surface area contributed by atoms with Crippen molar-refractivity contribution in [1.29, 1.82) is 0 Å². The molecule has 8 nitrogen and oxygen atoms in total. The zero-order chi connectivity index (χ0) is 24.3. The van der Waals surface area contributed by atoms with Gasteiger partial charge in [0.05, 0.1) is 29.3 Å². The summed E-state index contributed by atoms with van der Waals surface area (Å²) in [6, 6.07) is 12.2. The van der Waals surface area contributed by atoms with Gasteiger partial charge in [-0.2, -0.15) is 0 Å². The lowest BCUT2D eigenvalue weighted by atomic mass is 10.1. The number of hydrogen-bond donors (Lipinski definition) is 1. The summed E-state index contributed by atoms with van der Waals surface area (Å²) >= 11 is 0. The van der Waals surface area contributed by atoms with Gasteiger partial charge in [-0.15, -0.1) is 0 Å². The van der Waals surface area contributed by atoms with Crippen LogP contribution in [0.2, 0.25) is 0 Å². The van der Waals surface area contributed by atoms with Crippen LogP contribution in [-0.2, 0) is 27.6 Å². The van der Waals surface area contributed by atoms with Crippen molar-refractivity contribution >= 4 is 32.5 Å². The molecule has 9 heteroatoms. The van der Waals surface area contributed by atoms with Crippen LogP contribution in [0, 0.1) is 0 Å². The monoisotopic (exact) mass is 483 g/mol. The molecule has 4 rings (SSSR count). The third-order valence-corrected chi connectivity index (χ3v) is 7.88. The van der Waals surface area contributed by atoms with Crippen molar-refractivity contribution in [3.8, 4) is 0 Å². The van der Waals surface area contributed by atoms with E-state index in [4.69, 9.17) is 4.74 Å². The molecule has 1 aromatic heterocycles. The Morgan fingerprint density at radius 1 is 1.03 bits per heavy atom. The second-order valence-electron chi connectivity index (χ2n) is 8.15. The Morgan fingerprint density at radius 2 is 1.71 bits per heavy atom. The normalized spacial score (nSPS) is 14.4. The van der Waals surface area contributed by atoms with Crippen molar-refractivity contribution in [3.05, 3.63) is 59.8 Å². The number of aliphatic hydroxyl groups is 1. The summed E-state index contributed by atoms with van der Waals surface area (Å²) in [7, 11) is -3.87. The Bertz CT molecular complexity index is 1280. The molecule has 1 N–H and O–H groups in total. The standard InChI is InChI=1S/C25H29N3O5S/c1-3-18-5-8-20(9-6-18)34(31,32)23-16-26-22-10-7-19(17-29)15-21(22)24(23)27-11-13-28(14-12-27)25(30)33-4-2/h5-10,15-16,29H,3-4,11-14,17H2,1-2H3. The third-order valence-electron chi connectivity index (χ3n) is 6.11. The molecule has 0 atom stereocenters. The Hall–Kier alpha value is -3.17. The van der Waals surface area contributed by atoms with Crippen LogP contribution in [0.25, 0.3) is 10.9 Å². The fourth-order valence-corrected chi connectivity index (χ4v) is 5.62. The molecule has 180 valence electrons. The number of aliphatic hydroxyl groups excluding tert-OH is 1. The molecule has 0 aliphatic carbocycles. The van der Waals surface area contributed by atoms with Gasteiger partial charge in [0.15, 0.2) is 0 Å². The van der Waals surface area contributed by atoms with Gasteiger partial charge in [-0.3, -0.25) is 4.98 Å². The molecule has 1 fully saturated rings. The summed E-state index contributed by atoms with van der Waals surface area (Å²) in [5, 5.41) is 10.3. The van der Waals surface area contributed by atoms with Crippen LogP contribution in [0.3, 0.4) is 0 Å². The largest absolute Gasteiger partial charge is 0.450 e. The Labute approximate surface area is 199 Å². The van der Waals surface area contributed by atoms with Gasteiger partial charge in [-0.1, -0.05) is 25.1 Å². The number of fused-ring (bicyclic) bond motifs is 1. The lowest BCUT2D eigenvalue weighted by Crippen LogP contribution is -2.49. The van der Waals surface area contributed by atoms with Crippen LogP contribution in [0.5, 0.6) is 0 Å². The van der Waals surface area contributed by atoms with E-state index in [0.717, 1.165) is 12.0 Å². The number of ether oxygens (including phenoxy) is 1. The van der Waals surface area contributed by atoms with Crippen molar-refractivity contribution < 1.29 is 23.1 Å². The summed E-state index contributed by atoms with van der Waals surface area (Å²) < 4.78 is 32.6. The lowest BCUT2D eigenvalue weighted by Gasteiger charge is -2.36. The van der Waals surface area contributed by atoms with Gasteiger partial charge >= 0.3 is 6.09 Å². The zero-order valence-electron chi connectivity index (χ0n) is 19.4. The van der Waals surface area contributed by atoms with E-state index < -0.39 is 9.84 Å². The van der Waals surface area contributed by atoms with Crippen LogP contribution in [0.4, 0.5) is 10.5 Å². The first-order valence-corrected chi connectivity index (χ1v) is 12.9. The van der Waals surface area contributed by atoms with E-state index in [1.165, 1.54) is 6.20 Å². The first kappa shape index (κ1) is 24.0. The Morgan fingerprint density at radius 3 is 2.32 bits per heavy atom. The number of rotatable bonds is 6. The number of hydrogen-bond acceptors (Lipinski definition) is 7. The van der Waals surface area contributed by atoms with Gasteiger partial charge in [-0.25, -0.2) is 13.2 Å². The number of benzene rings is 2. The average molecular weight is 484 g/mol. The van der Waals surface area contributed by atoms with Crippen LogP contribution < -0.4 is 4.90 Å². The molecule has 1 saturated heterocycles. The number of aryl methyl sites for hydroxylation is 1. The molecule has 3 aromatic rings. The van der Waals surface area contributed by atoms with Crippen LogP contribution >= 0.6 is 0 Å². The van der Waals surface area contributed by atoms with Gasteiger partial charge in [0.25, 0.3) is 0 Å². The molecule has 0 saturated carbocycles. The van der Waals surface area contributed by atoms with E-state index in [1.54, 1.807) is 42.2 Å². The maximum atomic E-state index is 13.8. The van der Waals surface area contributed by atoms with Gasteiger partial charge in [0.2, 0.25) is 9.84 Å². The fourth-order valence-electron chi connectivity index (χ4n) is 4.19. The van der Waals surface area contributed by atoms with Crippen LogP contribution in [0.1, 0.15) is 25.0 Å². The van der Waals surface area contributed by atoms with Gasteiger partial charge < -0.3 is 19.6 Å². The highest BCUT2D eigenvalue weighted by Gasteiger charge is 2.30. The summed E-state index contributed by atoms with van der Waals surface area (Å²) in [6.07, 6.45) is 1.86. The maximum Gasteiger partial charge on any atom is 0.409 e. The third kappa shape index (κ3) is 4.58. The summed E-state index contributed by atoms with van der Waals surface area (Å²) in [5.74, 6) is 0. The molecule has 0 bridgehead atoms. The lowest BCUT2D eigenvalue weighted by molar-refractivity contribution is 0.105. The smallest absolute Gasteiger partial charge is 0.409 e. The second kappa shape index (κ2) is 9.99. The number of anilines is 1. The number of aromatic nitrogens is 1. The van der Waals surface area contributed by atoms with E-state index in [-0.39, 0.29) is 22.5 Å². The van der Waals surface area contributed by atoms with Gasteiger partial charge in [0.1, 0.15) is 4.90 Å². The highest BCUT2D eigenvalue weighted by Crippen LogP contribution is 2.37. The summed E-state index contributed by atoms with van der Waals surface area (Å²) in [6.45, 7) is 5.62. The fraction of sp³-hybridized carbons (Fsp3) is 0.360. The minimum atomic E-state index is -3.87. The van der Waals surface area contributed by atoms with Crippen LogP contribution in [0.15, 0.2) is 58.5 Å². The minimum Gasteiger partial charge on any atom is -0.450 e. The van der Waals surface area contributed by atoms with E-state index in [2.05, 4.69) is 4.98 Å². The van der Waals surface area contributed by atoms with E-state index in [9.17, 15) is 18.3 Å². The SMILES string of the molecule is CCOC(=O)N1CCN(c2c(S(=O)(=O)c3ccc(CC)cc3)cnc3ccc(CO)cc23)CC1. The predicted octanol–water partition coefficient (Wildman–Crippen LogP) is 3.40. The number of sulfone groups is 1. The number of carbonyl (C=O) groups is 1. The van der Waals surface area contributed by atoms with Crippen molar-refractivity contribution in [3.63, 3.8) is 0 Å². The van der Waals surface area contributed by atoms with E-state index in [0.29, 0.717) is 54.9 Å². The minimum absolute atomic E-state index is 0.115. The molecule has 1 aliphatic rings. The quantitative estimate of drug-likeness (QED) is 0.574. The Balaban J connectivity index is 1.81. The first-order chi connectivity index (χ1) is 16.4. The van der Waals surface area contributed by atoms with Gasteiger partial charge in [0, 0.05) is 37.8 Å². The molecule has 2 aromatic carbocycles. The molecular weight excluding hydrogens is 454 g/mol. The number of carbonyl (C=O) groups excluding carboxylic acids is 1.